The van der Waals surface area contributed by atoms with E-state index in [9.17, 15) is 0 Å². The maximum atomic E-state index is 5.65. The molecule has 0 aromatic carbocycles. The van der Waals surface area contributed by atoms with Crippen LogP contribution in [-0.2, 0) is 0 Å². The van der Waals surface area contributed by atoms with E-state index in [-0.39, 0.29) is 0 Å². The lowest BCUT2D eigenvalue weighted by Crippen LogP contribution is -2.34. The number of rotatable bonds is 11. The molecular formula is C17H37N3. The molecule has 0 bridgehead atoms. The normalized spacial score (nSPS) is 18.3. The third-order valence-corrected chi connectivity index (χ3v) is 4.45. The third-order valence-electron chi connectivity index (χ3n) is 4.45. The summed E-state index contributed by atoms with van der Waals surface area (Å²) in [6.45, 7) is 10.5. The van der Waals surface area contributed by atoms with Crippen molar-refractivity contribution in [2.45, 2.75) is 64.7 Å². The van der Waals surface area contributed by atoms with Gasteiger partial charge in [-0.05, 0) is 32.5 Å². The van der Waals surface area contributed by atoms with Gasteiger partial charge in [0.1, 0.15) is 0 Å². The summed E-state index contributed by atoms with van der Waals surface area (Å²) in [5.74, 6) is 0. The van der Waals surface area contributed by atoms with E-state index >= 15 is 0 Å². The maximum Gasteiger partial charge on any atom is 0.0110 e. The first kappa shape index (κ1) is 17.9. The maximum absolute atomic E-state index is 5.65. The van der Waals surface area contributed by atoms with Gasteiger partial charge in [0.15, 0.2) is 0 Å². The summed E-state index contributed by atoms with van der Waals surface area (Å²) in [5.41, 5.74) is 5.65. The topological polar surface area (TPSA) is 32.5 Å². The second kappa shape index (κ2) is 12.6. The molecule has 0 aliphatic carbocycles. The Hall–Kier alpha value is -0.120. The lowest BCUT2D eigenvalue weighted by atomic mass is 10.1. The van der Waals surface area contributed by atoms with E-state index in [1.807, 2.05) is 0 Å². The second-order valence-electron chi connectivity index (χ2n) is 6.30. The quantitative estimate of drug-likeness (QED) is 0.591. The Morgan fingerprint density at radius 1 is 0.700 bits per heavy atom. The standard InChI is InChI=1S/C17H37N3/c1-2-3-4-5-6-7-8-9-12-19-13-10-14-20(15-11-18)17-16-19/h2-18H2,1H3. The minimum Gasteiger partial charge on any atom is -0.329 e. The molecule has 0 radical (unpaired) electrons. The lowest BCUT2D eigenvalue weighted by Gasteiger charge is -2.21. The fourth-order valence-corrected chi connectivity index (χ4v) is 3.12. The molecule has 120 valence electrons. The van der Waals surface area contributed by atoms with Gasteiger partial charge in [0.2, 0.25) is 0 Å². The van der Waals surface area contributed by atoms with Crippen molar-refractivity contribution in [3.8, 4) is 0 Å². The van der Waals surface area contributed by atoms with Crippen LogP contribution >= 0.6 is 0 Å². The molecule has 2 N–H and O–H groups in total. The smallest absolute Gasteiger partial charge is 0.0110 e. The van der Waals surface area contributed by atoms with Crippen LogP contribution in [0.25, 0.3) is 0 Å². The van der Waals surface area contributed by atoms with E-state index in [0.29, 0.717) is 0 Å². The molecule has 1 rings (SSSR count). The summed E-state index contributed by atoms with van der Waals surface area (Å²) in [6.07, 6.45) is 12.7. The lowest BCUT2D eigenvalue weighted by molar-refractivity contribution is 0.256. The van der Waals surface area contributed by atoms with Crippen LogP contribution in [0.3, 0.4) is 0 Å². The Kier molecular flexibility index (Phi) is 11.3. The summed E-state index contributed by atoms with van der Waals surface area (Å²) in [4.78, 5) is 5.18. The summed E-state index contributed by atoms with van der Waals surface area (Å²) in [7, 11) is 0. The Bertz CT molecular complexity index is 208. The van der Waals surface area contributed by atoms with Crippen LogP contribution in [0, 0.1) is 0 Å². The third kappa shape index (κ3) is 8.93. The van der Waals surface area contributed by atoms with Gasteiger partial charge in [0.05, 0.1) is 0 Å². The predicted octanol–water partition coefficient (Wildman–Crippen LogP) is 3.09. The fourth-order valence-electron chi connectivity index (χ4n) is 3.12. The van der Waals surface area contributed by atoms with Gasteiger partial charge in [-0.25, -0.2) is 0 Å². The first-order valence-electron chi connectivity index (χ1n) is 9.01. The molecule has 1 heterocycles. The van der Waals surface area contributed by atoms with Gasteiger partial charge in [-0.1, -0.05) is 51.9 Å². The Balaban J connectivity index is 1.94. The molecule has 0 aromatic rings. The molecule has 1 aliphatic heterocycles. The number of hydrogen-bond donors (Lipinski definition) is 1. The fraction of sp³-hybridized carbons (Fsp3) is 1.00. The van der Waals surface area contributed by atoms with Gasteiger partial charge in [-0.2, -0.15) is 0 Å². The first-order valence-corrected chi connectivity index (χ1v) is 9.01. The molecule has 1 aliphatic rings. The van der Waals surface area contributed by atoms with Crippen LogP contribution in [-0.4, -0.2) is 55.6 Å². The Morgan fingerprint density at radius 3 is 1.85 bits per heavy atom. The van der Waals surface area contributed by atoms with Crippen LogP contribution < -0.4 is 5.73 Å². The molecule has 20 heavy (non-hydrogen) atoms. The molecule has 0 amide bonds. The highest BCUT2D eigenvalue weighted by Gasteiger charge is 2.13. The minimum absolute atomic E-state index is 0.804. The van der Waals surface area contributed by atoms with Crippen molar-refractivity contribution in [2.75, 3.05) is 45.8 Å². The molecule has 1 saturated heterocycles. The number of nitrogens with two attached hydrogens (primary N) is 1. The highest BCUT2D eigenvalue weighted by atomic mass is 15.2. The molecule has 0 atom stereocenters. The van der Waals surface area contributed by atoms with E-state index in [2.05, 4.69) is 16.7 Å². The van der Waals surface area contributed by atoms with Gasteiger partial charge >= 0.3 is 0 Å². The van der Waals surface area contributed by atoms with Crippen molar-refractivity contribution in [1.29, 1.82) is 0 Å². The molecule has 0 saturated carbocycles. The molecule has 0 spiro atoms. The number of unbranched alkanes of at least 4 members (excludes halogenated alkanes) is 7. The van der Waals surface area contributed by atoms with Crippen LogP contribution in [0.1, 0.15) is 64.7 Å². The zero-order valence-corrected chi connectivity index (χ0v) is 13.8. The van der Waals surface area contributed by atoms with Gasteiger partial charge in [-0.15, -0.1) is 0 Å². The van der Waals surface area contributed by atoms with Gasteiger partial charge < -0.3 is 15.5 Å². The summed E-state index contributed by atoms with van der Waals surface area (Å²) < 4.78 is 0. The Morgan fingerprint density at radius 2 is 1.25 bits per heavy atom. The summed E-state index contributed by atoms with van der Waals surface area (Å²) in [5, 5.41) is 0. The first-order chi connectivity index (χ1) is 9.86. The van der Waals surface area contributed by atoms with Crippen LogP contribution in [0.4, 0.5) is 0 Å². The van der Waals surface area contributed by atoms with Crippen LogP contribution in [0.15, 0.2) is 0 Å². The number of hydrogen-bond acceptors (Lipinski definition) is 3. The zero-order chi connectivity index (χ0) is 14.5. The zero-order valence-electron chi connectivity index (χ0n) is 13.8. The van der Waals surface area contributed by atoms with Crippen LogP contribution in [0.2, 0.25) is 0 Å². The molecular weight excluding hydrogens is 246 g/mol. The monoisotopic (exact) mass is 283 g/mol. The SMILES string of the molecule is CCCCCCCCCCN1CCCN(CCN)CC1. The Labute approximate surface area is 126 Å². The van der Waals surface area contributed by atoms with Crippen molar-refractivity contribution in [3.63, 3.8) is 0 Å². The van der Waals surface area contributed by atoms with Crippen molar-refractivity contribution in [3.05, 3.63) is 0 Å². The molecule has 3 heteroatoms. The average molecular weight is 284 g/mol. The average Bonchev–Trinajstić information content (AvgIpc) is 2.68. The van der Waals surface area contributed by atoms with Gasteiger partial charge in [0, 0.05) is 26.2 Å². The molecule has 1 fully saturated rings. The highest BCUT2D eigenvalue weighted by molar-refractivity contribution is 4.69. The summed E-state index contributed by atoms with van der Waals surface area (Å²) >= 11 is 0. The van der Waals surface area contributed by atoms with Crippen molar-refractivity contribution in [2.24, 2.45) is 5.73 Å². The van der Waals surface area contributed by atoms with Gasteiger partial charge in [-0.3, -0.25) is 0 Å². The largest absolute Gasteiger partial charge is 0.329 e. The van der Waals surface area contributed by atoms with Crippen molar-refractivity contribution >= 4 is 0 Å². The molecule has 3 nitrogen and oxygen atoms in total. The summed E-state index contributed by atoms with van der Waals surface area (Å²) in [6, 6.07) is 0. The highest BCUT2D eigenvalue weighted by Crippen LogP contribution is 2.10. The van der Waals surface area contributed by atoms with Crippen LogP contribution in [0.5, 0.6) is 0 Å². The van der Waals surface area contributed by atoms with E-state index in [1.54, 1.807) is 0 Å². The number of nitrogens with zero attached hydrogens (tertiary/aromatic N) is 2. The molecule has 0 unspecified atom stereocenters. The minimum atomic E-state index is 0.804. The van der Waals surface area contributed by atoms with E-state index in [4.69, 9.17) is 5.73 Å². The van der Waals surface area contributed by atoms with Gasteiger partial charge in [0.25, 0.3) is 0 Å². The van der Waals surface area contributed by atoms with E-state index in [1.165, 1.54) is 90.5 Å². The predicted molar refractivity (Wildman–Crippen MR) is 89.2 cm³/mol. The van der Waals surface area contributed by atoms with E-state index < -0.39 is 0 Å². The molecule has 0 aromatic heterocycles. The van der Waals surface area contributed by atoms with Crippen molar-refractivity contribution in [1.82, 2.24) is 9.80 Å². The van der Waals surface area contributed by atoms with Crippen molar-refractivity contribution < 1.29 is 0 Å². The second-order valence-corrected chi connectivity index (χ2v) is 6.30. The van der Waals surface area contributed by atoms with E-state index in [0.717, 1.165) is 13.1 Å².